The van der Waals surface area contributed by atoms with E-state index in [4.69, 9.17) is 11.6 Å². The van der Waals surface area contributed by atoms with Crippen LogP contribution in [0.15, 0.2) is 71.3 Å². The molecule has 2 aromatic carbocycles. The van der Waals surface area contributed by atoms with E-state index in [1.54, 1.807) is 54.6 Å². The maximum atomic E-state index is 15.2. The highest BCUT2D eigenvalue weighted by Gasteiger charge is 2.79. The molecule has 0 heterocycles. The Morgan fingerprint density at radius 1 is 0.977 bits per heavy atom. The van der Waals surface area contributed by atoms with Gasteiger partial charge < -0.3 is 10.4 Å². The third kappa shape index (κ3) is 4.65. The van der Waals surface area contributed by atoms with E-state index in [9.17, 15) is 27.9 Å². The summed E-state index contributed by atoms with van der Waals surface area (Å²) in [6.07, 6.45) is -3.15. The van der Waals surface area contributed by atoms with E-state index in [1.807, 2.05) is 0 Å². The second-order valence-corrected chi connectivity index (χ2v) is 13.0. The number of rotatable bonds is 4. The largest absolute Gasteiger partial charge is 0.456 e. The Labute approximate surface area is 251 Å². The summed E-state index contributed by atoms with van der Waals surface area (Å²) in [5.41, 5.74) is -0.589. The summed E-state index contributed by atoms with van der Waals surface area (Å²) in [5, 5.41) is 14.7. The lowest BCUT2D eigenvalue weighted by Crippen LogP contribution is -2.65. The Kier molecular flexibility index (Phi) is 7.16. The lowest BCUT2D eigenvalue weighted by Gasteiger charge is -2.56. The molecule has 43 heavy (non-hydrogen) atoms. The minimum Gasteiger partial charge on any atom is -0.383 e. The molecule has 2 aromatic rings. The predicted molar refractivity (Wildman–Crippen MR) is 152 cm³/mol. The van der Waals surface area contributed by atoms with Crippen molar-refractivity contribution >= 4 is 29.0 Å². The molecule has 10 heteroatoms. The highest BCUT2D eigenvalue weighted by atomic mass is 35.5. The van der Waals surface area contributed by atoms with Crippen molar-refractivity contribution in [3.8, 4) is 0 Å². The molecule has 2 fully saturated rings. The molecule has 2 saturated carbocycles. The molecular formula is C33H31ClF5NO3. The van der Waals surface area contributed by atoms with Crippen molar-refractivity contribution < 1.29 is 36.6 Å². The molecule has 0 unspecified atom stereocenters. The Hall–Kier alpha value is -3.04. The number of benzene rings is 2. The molecular weight excluding hydrogens is 589 g/mol. The number of carbonyl (C=O) groups excluding carboxylic acids is 2. The zero-order chi connectivity index (χ0) is 30.9. The first-order valence-corrected chi connectivity index (χ1v) is 14.8. The molecule has 5 atom stereocenters. The number of hydrogen-bond donors (Lipinski definition) is 2. The number of halogens is 6. The van der Waals surface area contributed by atoms with Crippen LogP contribution in [-0.4, -0.2) is 34.5 Å². The van der Waals surface area contributed by atoms with Crippen LogP contribution in [0.5, 0.6) is 0 Å². The summed E-state index contributed by atoms with van der Waals surface area (Å²) in [6.45, 7) is 1.39. The predicted octanol–water partition coefficient (Wildman–Crippen LogP) is 8.42. The Bertz CT molecular complexity index is 1530. The average Bonchev–Trinajstić information content (AvgIpc) is 3.24. The Balaban J connectivity index is 1.41. The molecule has 0 spiro atoms. The van der Waals surface area contributed by atoms with Gasteiger partial charge in [-0.25, -0.2) is 0 Å². The van der Waals surface area contributed by atoms with Crippen LogP contribution in [0.25, 0.3) is 0 Å². The molecule has 0 aliphatic heterocycles. The fourth-order valence-corrected chi connectivity index (χ4v) is 8.44. The maximum Gasteiger partial charge on any atom is 0.456 e. The number of allylic oxidation sites excluding steroid dienone is 4. The lowest BCUT2D eigenvalue weighted by molar-refractivity contribution is -0.362. The number of fused-ring (bicyclic) bond motifs is 4. The SMILES string of the molecule is C[C@]12C[C@H](c3ccc(C(=O)Nc4ccc(Cl)cc4)cc3)C3=C4CCC(=O)C=C4CC[C@H]3[C@@H]1CC[C@@]2(O)C(F)(F)C(F)(F)F. The second-order valence-electron chi connectivity index (χ2n) is 12.5. The van der Waals surface area contributed by atoms with Crippen LogP contribution in [0.2, 0.25) is 5.02 Å². The van der Waals surface area contributed by atoms with Crippen molar-refractivity contribution in [2.24, 2.45) is 17.3 Å². The number of hydrogen-bond acceptors (Lipinski definition) is 3. The van der Waals surface area contributed by atoms with E-state index in [0.717, 1.165) is 16.7 Å². The Morgan fingerprint density at radius 3 is 2.30 bits per heavy atom. The van der Waals surface area contributed by atoms with Crippen LogP contribution >= 0.6 is 11.6 Å². The van der Waals surface area contributed by atoms with Gasteiger partial charge in [-0.2, -0.15) is 22.0 Å². The van der Waals surface area contributed by atoms with Gasteiger partial charge >= 0.3 is 12.1 Å². The lowest BCUT2D eigenvalue weighted by atomic mass is 9.50. The first kappa shape index (κ1) is 30.0. The standard InChI is InChI=1S/C33H31ClF5NO3/c1-30-17-26(18-2-4-19(5-3-18)29(42)40-22-9-7-21(34)8-10-22)28-24-13-11-23(41)16-20(24)6-12-25(28)27(30)14-15-31(30,43)32(35,36)33(37,38)39/h2-5,7-10,16,25-27,43H,6,11-15,17H2,1H3,(H,40,42)/t25-,26+,27-,30-,31-/m0/s1. The fourth-order valence-electron chi connectivity index (χ4n) is 8.32. The van der Waals surface area contributed by atoms with E-state index in [0.29, 0.717) is 47.5 Å². The van der Waals surface area contributed by atoms with E-state index in [2.05, 4.69) is 5.32 Å². The van der Waals surface area contributed by atoms with Gasteiger partial charge in [-0.3, -0.25) is 9.59 Å². The van der Waals surface area contributed by atoms with Crippen molar-refractivity contribution in [2.45, 2.75) is 75.5 Å². The van der Waals surface area contributed by atoms with Crippen LogP contribution in [0.4, 0.5) is 27.6 Å². The van der Waals surface area contributed by atoms with Gasteiger partial charge in [0.05, 0.1) is 0 Å². The minimum atomic E-state index is -5.90. The highest BCUT2D eigenvalue weighted by molar-refractivity contribution is 6.30. The fraction of sp³-hybridized carbons (Fsp3) is 0.455. The summed E-state index contributed by atoms with van der Waals surface area (Å²) >= 11 is 5.91. The first-order chi connectivity index (χ1) is 20.2. The molecule has 1 amide bonds. The normalized spacial score (nSPS) is 30.7. The number of nitrogens with one attached hydrogen (secondary N) is 1. The number of aliphatic hydroxyl groups is 1. The van der Waals surface area contributed by atoms with Gasteiger partial charge in [0.25, 0.3) is 5.91 Å². The number of carbonyl (C=O) groups is 2. The van der Waals surface area contributed by atoms with Crippen molar-refractivity contribution in [1.82, 2.24) is 0 Å². The molecule has 4 aliphatic carbocycles. The molecule has 4 aliphatic rings. The zero-order valence-corrected chi connectivity index (χ0v) is 24.2. The zero-order valence-electron chi connectivity index (χ0n) is 23.4. The smallest absolute Gasteiger partial charge is 0.383 e. The molecule has 0 saturated heterocycles. The van der Waals surface area contributed by atoms with Gasteiger partial charge in [-0.1, -0.05) is 36.2 Å². The summed E-state index contributed by atoms with van der Waals surface area (Å²) in [6, 6.07) is 13.2. The van der Waals surface area contributed by atoms with Gasteiger partial charge in [0.15, 0.2) is 5.78 Å². The number of anilines is 1. The molecule has 4 nitrogen and oxygen atoms in total. The molecule has 0 aromatic heterocycles. The van der Waals surface area contributed by atoms with Gasteiger partial charge in [0.2, 0.25) is 0 Å². The third-order valence-corrected chi connectivity index (χ3v) is 10.7. The molecule has 228 valence electrons. The summed E-state index contributed by atoms with van der Waals surface area (Å²) < 4.78 is 71.6. The van der Waals surface area contributed by atoms with Crippen LogP contribution < -0.4 is 5.32 Å². The van der Waals surface area contributed by atoms with Crippen LogP contribution in [0, 0.1) is 17.3 Å². The van der Waals surface area contributed by atoms with Gasteiger partial charge in [0.1, 0.15) is 5.60 Å². The summed E-state index contributed by atoms with van der Waals surface area (Å²) in [7, 11) is 0. The first-order valence-electron chi connectivity index (χ1n) is 14.5. The monoisotopic (exact) mass is 619 g/mol. The minimum absolute atomic E-state index is 0.0195. The third-order valence-electron chi connectivity index (χ3n) is 10.4. The Morgan fingerprint density at radius 2 is 1.65 bits per heavy atom. The van der Waals surface area contributed by atoms with Gasteiger partial charge in [0, 0.05) is 34.0 Å². The molecule has 0 radical (unpaired) electrons. The molecule has 2 N–H and O–H groups in total. The second kappa shape index (κ2) is 10.3. The van der Waals surface area contributed by atoms with Crippen molar-refractivity contribution in [3.63, 3.8) is 0 Å². The number of amides is 1. The highest BCUT2D eigenvalue weighted by Crippen LogP contribution is 2.70. The van der Waals surface area contributed by atoms with Crippen LogP contribution in [0.3, 0.4) is 0 Å². The number of ketones is 1. The summed E-state index contributed by atoms with van der Waals surface area (Å²) in [4.78, 5) is 25.1. The van der Waals surface area contributed by atoms with E-state index < -0.39 is 41.4 Å². The van der Waals surface area contributed by atoms with Crippen molar-refractivity contribution in [3.05, 3.63) is 87.5 Å². The average molecular weight is 620 g/mol. The molecule has 0 bridgehead atoms. The van der Waals surface area contributed by atoms with Gasteiger partial charge in [-0.15, -0.1) is 0 Å². The van der Waals surface area contributed by atoms with Crippen molar-refractivity contribution in [2.75, 3.05) is 5.32 Å². The van der Waals surface area contributed by atoms with E-state index in [1.165, 1.54) is 6.92 Å². The van der Waals surface area contributed by atoms with E-state index >= 15 is 8.78 Å². The molecule has 6 rings (SSSR count). The van der Waals surface area contributed by atoms with Crippen LogP contribution in [0.1, 0.15) is 73.7 Å². The topological polar surface area (TPSA) is 66.4 Å². The van der Waals surface area contributed by atoms with Gasteiger partial charge in [-0.05, 0) is 110 Å². The number of alkyl halides is 5. The quantitative estimate of drug-likeness (QED) is 0.338. The van der Waals surface area contributed by atoms with Crippen molar-refractivity contribution in [1.29, 1.82) is 0 Å². The maximum absolute atomic E-state index is 15.2. The summed E-state index contributed by atoms with van der Waals surface area (Å²) in [5.74, 6) is -7.11. The van der Waals surface area contributed by atoms with Crippen LogP contribution in [-0.2, 0) is 4.79 Å². The van der Waals surface area contributed by atoms with E-state index in [-0.39, 0.29) is 30.4 Å².